The van der Waals surface area contributed by atoms with Crippen LogP contribution >= 0.6 is 0 Å². The molecule has 194 valence electrons. The van der Waals surface area contributed by atoms with Crippen molar-refractivity contribution in [2.24, 2.45) is 5.92 Å². The summed E-state index contributed by atoms with van der Waals surface area (Å²) >= 11 is 0. The van der Waals surface area contributed by atoms with Gasteiger partial charge in [0.05, 0.1) is 12.0 Å². The largest absolute Gasteiger partial charge is 0.349 e. The van der Waals surface area contributed by atoms with E-state index in [1.54, 1.807) is 11.8 Å². The van der Waals surface area contributed by atoms with E-state index < -0.39 is 0 Å². The number of aromatic nitrogens is 2. The molecule has 1 aromatic heterocycles. The van der Waals surface area contributed by atoms with Crippen molar-refractivity contribution < 1.29 is 14.1 Å². The lowest BCUT2D eigenvalue weighted by atomic mass is 9.95. The molecule has 0 unspecified atom stereocenters. The number of rotatable bonds is 9. The molecule has 3 aromatic rings. The number of likely N-dealkylation sites (tertiary alicyclic amines) is 2. The molecular weight excluding hydrogens is 466 g/mol. The van der Waals surface area contributed by atoms with Gasteiger partial charge < -0.3 is 19.6 Å². The van der Waals surface area contributed by atoms with Crippen LogP contribution in [-0.4, -0.2) is 64.5 Å². The predicted molar refractivity (Wildman–Crippen MR) is 140 cm³/mol. The summed E-state index contributed by atoms with van der Waals surface area (Å²) in [5, 5.41) is 7.46. The third-order valence-electron chi connectivity index (χ3n) is 7.58. The third-order valence-corrected chi connectivity index (χ3v) is 7.58. The lowest BCUT2D eigenvalue weighted by Gasteiger charge is -2.38. The number of piperidine rings is 1. The molecule has 2 amide bonds. The van der Waals surface area contributed by atoms with Gasteiger partial charge in [-0.05, 0) is 43.5 Å². The van der Waals surface area contributed by atoms with Crippen molar-refractivity contribution in [3.8, 4) is 0 Å². The van der Waals surface area contributed by atoms with Gasteiger partial charge in [-0.1, -0.05) is 65.8 Å². The number of hydrogen-bond acceptors (Lipinski definition) is 6. The van der Waals surface area contributed by atoms with Crippen LogP contribution in [0.5, 0.6) is 0 Å². The van der Waals surface area contributed by atoms with Crippen LogP contribution in [0.2, 0.25) is 0 Å². The summed E-state index contributed by atoms with van der Waals surface area (Å²) in [6.07, 6.45) is 3.49. The molecule has 2 aliphatic rings. The van der Waals surface area contributed by atoms with Gasteiger partial charge in [0.15, 0.2) is 5.82 Å². The summed E-state index contributed by atoms with van der Waals surface area (Å²) in [5.41, 5.74) is 2.29. The SMILES string of the molecule is CC(=O)N1CC(C(=O)N[C@@H](CCN2CCC(c3nc(Cc4ccccc4)no3)CC2)c2ccccc2)C1. The average Bonchev–Trinajstić information content (AvgIpc) is 3.35. The van der Waals surface area contributed by atoms with E-state index in [9.17, 15) is 9.59 Å². The van der Waals surface area contributed by atoms with Gasteiger partial charge in [-0.3, -0.25) is 9.59 Å². The van der Waals surface area contributed by atoms with Crippen molar-refractivity contribution >= 4 is 11.8 Å². The Kier molecular flexibility index (Phi) is 7.94. The second kappa shape index (κ2) is 11.7. The number of carbonyl (C=O) groups is 2. The summed E-state index contributed by atoms with van der Waals surface area (Å²) in [6, 6.07) is 20.3. The predicted octanol–water partition coefficient (Wildman–Crippen LogP) is 3.57. The standard InChI is InChI=1S/C29H35N5O3/c1-21(35)34-19-25(20-34)28(36)30-26(23-10-6-3-7-11-23)14-17-33-15-12-24(13-16-33)29-31-27(32-37-29)18-22-8-4-2-5-9-22/h2-11,24-26H,12-20H2,1H3,(H,30,36)/t26-/m0/s1. The van der Waals surface area contributed by atoms with E-state index in [1.807, 2.05) is 36.4 Å². The first-order valence-electron chi connectivity index (χ1n) is 13.2. The van der Waals surface area contributed by atoms with Gasteiger partial charge >= 0.3 is 0 Å². The number of nitrogens with one attached hydrogen (secondary N) is 1. The summed E-state index contributed by atoms with van der Waals surface area (Å²) in [4.78, 5) is 33.2. The molecule has 3 heterocycles. The molecule has 0 spiro atoms. The summed E-state index contributed by atoms with van der Waals surface area (Å²) in [7, 11) is 0. The molecule has 5 rings (SSSR count). The highest BCUT2D eigenvalue weighted by molar-refractivity contribution is 5.83. The monoisotopic (exact) mass is 501 g/mol. The second-order valence-corrected chi connectivity index (χ2v) is 10.2. The normalized spacial score (nSPS) is 17.8. The van der Waals surface area contributed by atoms with E-state index in [-0.39, 0.29) is 23.8 Å². The summed E-state index contributed by atoms with van der Waals surface area (Å²) < 4.78 is 5.62. The van der Waals surface area contributed by atoms with Crippen molar-refractivity contribution in [2.45, 2.75) is 44.6 Å². The molecule has 0 radical (unpaired) electrons. The maximum absolute atomic E-state index is 12.9. The van der Waals surface area contributed by atoms with Crippen LogP contribution in [0.15, 0.2) is 65.2 Å². The van der Waals surface area contributed by atoms with Crippen LogP contribution < -0.4 is 5.32 Å². The van der Waals surface area contributed by atoms with Crippen LogP contribution in [-0.2, 0) is 16.0 Å². The van der Waals surface area contributed by atoms with E-state index in [0.717, 1.165) is 56.2 Å². The lowest BCUT2D eigenvalue weighted by Crippen LogP contribution is -2.55. The molecule has 1 atom stereocenters. The smallest absolute Gasteiger partial charge is 0.229 e. The van der Waals surface area contributed by atoms with Gasteiger partial charge in [-0.25, -0.2) is 0 Å². The quantitative estimate of drug-likeness (QED) is 0.482. The van der Waals surface area contributed by atoms with E-state index in [4.69, 9.17) is 4.52 Å². The second-order valence-electron chi connectivity index (χ2n) is 10.2. The number of carbonyl (C=O) groups excluding carboxylic acids is 2. The number of hydrogen-bond donors (Lipinski definition) is 1. The number of amides is 2. The topological polar surface area (TPSA) is 91.6 Å². The first-order chi connectivity index (χ1) is 18.0. The molecule has 2 fully saturated rings. The van der Waals surface area contributed by atoms with E-state index >= 15 is 0 Å². The lowest BCUT2D eigenvalue weighted by molar-refractivity contribution is -0.141. The Morgan fingerprint density at radius 1 is 1.03 bits per heavy atom. The van der Waals surface area contributed by atoms with Gasteiger partial charge in [0, 0.05) is 38.9 Å². The van der Waals surface area contributed by atoms with Crippen LogP contribution in [0.3, 0.4) is 0 Å². The molecule has 0 aliphatic carbocycles. The Hall–Kier alpha value is -3.52. The minimum atomic E-state index is -0.118. The minimum absolute atomic E-state index is 0.0278. The van der Waals surface area contributed by atoms with Crippen molar-refractivity contribution in [1.82, 2.24) is 25.3 Å². The zero-order valence-corrected chi connectivity index (χ0v) is 21.4. The van der Waals surface area contributed by atoms with Gasteiger partial charge in [-0.15, -0.1) is 0 Å². The van der Waals surface area contributed by atoms with Crippen molar-refractivity contribution in [3.05, 3.63) is 83.5 Å². The maximum atomic E-state index is 12.9. The zero-order valence-electron chi connectivity index (χ0n) is 21.4. The van der Waals surface area contributed by atoms with Crippen LogP contribution in [0, 0.1) is 5.92 Å². The highest BCUT2D eigenvalue weighted by Crippen LogP contribution is 2.28. The average molecular weight is 502 g/mol. The van der Waals surface area contributed by atoms with E-state index in [2.05, 4.69) is 44.6 Å². The highest BCUT2D eigenvalue weighted by atomic mass is 16.5. The number of nitrogens with zero attached hydrogens (tertiary/aromatic N) is 4. The fourth-order valence-electron chi connectivity index (χ4n) is 5.20. The molecule has 2 aromatic carbocycles. The van der Waals surface area contributed by atoms with Crippen molar-refractivity contribution in [1.29, 1.82) is 0 Å². The molecule has 2 aliphatic heterocycles. The first kappa shape index (κ1) is 25.1. The van der Waals surface area contributed by atoms with Crippen molar-refractivity contribution in [3.63, 3.8) is 0 Å². The van der Waals surface area contributed by atoms with Crippen molar-refractivity contribution in [2.75, 3.05) is 32.7 Å². The van der Waals surface area contributed by atoms with Crippen LogP contribution in [0.25, 0.3) is 0 Å². The molecule has 0 bridgehead atoms. The van der Waals surface area contributed by atoms with E-state index in [0.29, 0.717) is 25.4 Å². The summed E-state index contributed by atoms with van der Waals surface area (Å²) in [6.45, 7) is 5.41. The number of benzene rings is 2. The van der Waals surface area contributed by atoms with E-state index in [1.165, 1.54) is 5.56 Å². The Morgan fingerprint density at radius 3 is 2.38 bits per heavy atom. The molecule has 0 saturated carbocycles. The first-order valence-corrected chi connectivity index (χ1v) is 13.2. The third kappa shape index (κ3) is 6.43. The Labute approximate surface area is 218 Å². The summed E-state index contributed by atoms with van der Waals surface area (Å²) in [5.74, 6) is 1.73. The maximum Gasteiger partial charge on any atom is 0.229 e. The Balaban J connectivity index is 1.11. The van der Waals surface area contributed by atoms with Crippen LogP contribution in [0.4, 0.5) is 0 Å². The fraction of sp³-hybridized carbons (Fsp3) is 0.448. The van der Waals surface area contributed by atoms with Gasteiger partial charge in [0.2, 0.25) is 17.7 Å². The molecular formula is C29H35N5O3. The minimum Gasteiger partial charge on any atom is -0.349 e. The molecule has 37 heavy (non-hydrogen) atoms. The fourth-order valence-corrected chi connectivity index (χ4v) is 5.20. The molecule has 8 heteroatoms. The van der Waals surface area contributed by atoms with Gasteiger partial charge in [0.1, 0.15) is 0 Å². The van der Waals surface area contributed by atoms with Crippen LogP contribution in [0.1, 0.15) is 61.0 Å². The molecule has 1 N–H and O–H groups in total. The Bertz CT molecular complexity index is 1170. The Morgan fingerprint density at radius 2 is 1.70 bits per heavy atom. The molecule has 8 nitrogen and oxygen atoms in total. The zero-order chi connectivity index (χ0) is 25.6. The molecule has 2 saturated heterocycles. The van der Waals surface area contributed by atoms with Gasteiger partial charge in [-0.2, -0.15) is 4.98 Å². The van der Waals surface area contributed by atoms with Gasteiger partial charge in [0.25, 0.3) is 0 Å². The highest BCUT2D eigenvalue weighted by Gasteiger charge is 2.35.